The number of alkyl halides is 6. The molecule has 0 amide bonds. The Bertz CT molecular complexity index is 522. The zero-order chi connectivity index (χ0) is 18.7. The normalized spacial score (nSPS) is 46.8. The monoisotopic (exact) mass is 385 g/mol. The predicted molar refractivity (Wildman–Crippen MR) is 83.2 cm³/mol. The van der Waals surface area contributed by atoms with Crippen molar-refractivity contribution >= 4 is 0 Å². The Morgan fingerprint density at radius 1 is 0.769 bits per heavy atom. The van der Waals surface area contributed by atoms with Crippen LogP contribution in [0.5, 0.6) is 0 Å². The van der Waals surface area contributed by atoms with Gasteiger partial charge in [0, 0.05) is 18.1 Å². The van der Waals surface area contributed by atoms with Crippen LogP contribution < -0.4 is 16.0 Å². The van der Waals surface area contributed by atoms with E-state index in [1.807, 2.05) is 0 Å². The second kappa shape index (κ2) is 6.51. The lowest BCUT2D eigenvalue weighted by Gasteiger charge is -2.39. The Hall–Kier alpha value is -0.540. The molecule has 2 aliphatic carbocycles. The lowest BCUT2D eigenvalue weighted by Crippen LogP contribution is -2.54. The molecule has 3 nitrogen and oxygen atoms in total. The minimum absolute atomic E-state index is 0.0101. The van der Waals surface area contributed by atoms with E-state index in [9.17, 15) is 26.3 Å². The standard InChI is InChI=1S/C17H25F6N3/c18-16(19,20)9-5-11(17(21,22)23)14-12(6-9)25-15(26-14)13-10-4-2-1-3-8(10)7-24-13/h8-15,24-26H,1-7H2. The van der Waals surface area contributed by atoms with E-state index in [2.05, 4.69) is 16.0 Å². The van der Waals surface area contributed by atoms with Crippen LogP contribution in [0.4, 0.5) is 26.3 Å². The zero-order valence-corrected chi connectivity index (χ0v) is 14.3. The average Bonchev–Trinajstić information content (AvgIpc) is 3.15. The third kappa shape index (κ3) is 3.35. The van der Waals surface area contributed by atoms with Gasteiger partial charge in [0.2, 0.25) is 0 Å². The van der Waals surface area contributed by atoms with Crippen LogP contribution in [0.25, 0.3) is 0 Å². The van der Waals surface area contributed by atoms with Crippen molar-refractivity contribution in [2.24, 2.45) is 23.7 Å². The van der Waals surface area contributed by atoms with E-state index in [-0.39, 0.29) is 12.5 Å². The summed E-state index contributed by atoms with van der Waals surface area (Å²) in [5, 5.41) is 9.55. The molecule has 2 heterocycles. The highest BCUT2D eigenvalue weighted by atomic mass is 19.4. The quantitative estimate of drug-likeness (QED) is 0.607. The summed E-state index contributed by atoms with van der Waals surface area (Å²) in [6.07, 6.45) is -6.34. The van der Waals surface area contributed by atoms with Gasteiger partial charge in [-0.3, -0.25) is 10.6 Å². The van der Waals surface area contributed by atoms with E-state index in [1.54, 1.807) is 0 Å². The van der Waals surface area contributed by atoms with Gasteiger partial charge in [0.1, 0.15) is 0 Å². The Kier molecular flexibility index (Phi) is 4.71. The summed E-state index contributed by atoms with van der Waals surface area (Å²) in [6, 6.07) is -1.79. The van der Waals surface area contributed by atoms with Crippen molar-refractivity contribution in [2.45, 2.75) is 75.2 Å². The molecule has 150 valence electrons. The summed E-state index contributed by atoms with van der Waals surface area (Å²) in [6.45, 7) is 0.846. The van der Waals surface area contributed by atoms with Crippen molar-refractivity contribution in [3.8, 4) is 0 Å². The molecule has 8 atom stereocenters. The zero-order valence-electron chi connectivity index (χ0n) is 14.3. The van der Waals surface area contributed by atoms with Crippen LogP contribution in [0.15, 0.2) is 0 Å². The van der Waals surface area contributed by atoms with Gasteiger partial charge in [0.15, 0.2) is 0 Å². The summed E-state index contributed by atoms with van der Waals surface area (Å²) in [7, 11) is 0. The maximum atomic E-state index is 13.5. The molecule has 0 bridgehead atoms. The molecule has 0 aromatic heterocycles. The second-order valence-electron chi connectivity index (χ2n) is 8.44. The summed E-state index contributed by atoms with van der Waals surface area (Å²) in [5.41, 5.74) is 0. The average molecular weight is 385 g/mol. The first-order valence-electron chi connectivity index (χ1n) is 9.53. The van der Waals surface area contributed by atoms with Crippen LogP contribution in [0.1, 0.15) is 38.5 Å². The Balaban J connectivity index is 1.52. The van der Waals surface area contributed by atoms with E-state index < -0.39 is 48.9 Å². The van der Waals surface area contributed by atoms with Crippen LogP contribution in [0, 0.1) is 23.7 Å². The molecule has 8 unspecified atom stereocenters. The van der Waals surface area contributed by atoms with Gasteiger partial charge in [-0.05, 0) is 44.1 Å². The van der Waals surface area contributed by atoms with Crippen molar-refractivity contribution < 1.29 is 26.3 Å². The van der Waals surface area contributed by atoms with Gasteiger partial charge in [-0.1, -0.05) is 12.8 Å². The highest BCUT2D eigenvalue weighted by molar-refractivity contribution is 5.09. The van der Waals surface area contributed by atoms with E-state index in [0.717, 1.165) is 25.8 Å². The summed E-state index contributed by atoms with van der Waals surface area (Å²) in [5.74, 6) is -2.95. The van der Waals surface area contributed by atoms with Crippen LogP contribution in [-0.4, -0.2) is 43.2 Å². The number of rotatable bonds is 1. The lowest BCUT2D eigenvalue weighted by molar-refractivity contribution is -0.228. The first-order valence-corrected chi connectivity index (χ1v) is 9.53. The largest absolute Gasteiger partial charge is 0.393 e. The molecule has 0 radical (unpaired) electrons. The highest BCUT2D eigenvalue weighted by Crippen LogP contribution is 2.47. The van der Waals surface area contributed by atoms with Gasteiger partial charge in [0.25, 0.3) is 0 Å². The molecule has 0 aromatic rings. The first kappa shape index (κ1) is 18.8. The number of nitrogens with one attached hydrogen (secondary N) is 3. The van der Waals surface area contributed by atoms with Crippen molar-refractivity contribution in [1.29, 1.82) is 0 Å². The van der Waals surface area contributed by atoms with E-state index in [0.29, 0.717) is 11.8 Å². The molecular formula is C17H25F6N3. The first-order chi connectivity index (χ1) is 12.1. The van der Waals surface area contributed by atoms with Gasteiger partial charge in [-0.25, -0.2) is 0 Å². The molecule has 0 aromatic carbocycles. The number of fused-ring (bicyclic) bond motifs is 2. The molecule has 0 spiro atoms. The fraction of sp³-hybridized carbons (Fsp3) is 1.00. The molecule has 4 aliphatic rings. The van der Waals surface area contributed by atoms with Crippen LogP contribution in [0.3, 0.4) is 0 Å². The smallest absolute Gasteiger partial charge is 0.311 e. The van der Waals surface area contributed by atoms with Gasteiger partial charge < -0.3 is 5.32 Å². The van der Waals surface area contributed by atoms with Gasteiger partial charge >= 0.3 is 12.4 Å². The van der Waals surface area contributed by atoms with E-state index >= 15 is 0 Å². The maximum Gasteiger partial charge on any atom is 0.393 e. The predicted octanol–water partition coefficient (Wildman–Crippen LogP) is 3.17. The van der Waals surface area contributed by atoms with Crippen LogP contribution in [0.2, 0.25) is 0 Å². The molecule has 26 heavy (non-hydrogen) atoms. The molecule has 4 rings (SSSR count). The Labute approximate surface area is 148 Å². The topological polar surface area (TPSA) is 36.1 Å². The fourth-order valence-corrected chi connectivity index (χ4v) is 5.75. The van der Waals surface area contributed by atoms with E-state index in [1.165, 1.54) is 6.42 Å². The molecule has 9 heteroatoms. The van der Waals surface area contributed by atoms with Crippen LogP contribution in [-0.2, 0) is 0 Å². The number of hydrogen-bond acceptors (Lipinski definition) is 3. The molecule has 3 N–H and O–H groups in total. The second-order valence-corrected chi connectivity index (χ2v) is 8.44. The van der Waals surface area contributed by atoms with Crippen LogP contribution >= 0.6 is 0 Å². The van der Waals surface area contributed by atoms with Crippen molar-refractivity contribution in [3.63, 3.8) is 0 Å². The third-order valence-corrected chi connectivity index (χ3v) is 7.00. The Morgan fingerprint density at radius 2 is 1.50 bits per heavy atom. The Morgan fingerprint density at radius 3 is 2.19 bits per heavy atom. The molecular weight excluding hydrogens is 360 g/mol. The molecule has 4 fully saturated rings. The van der Waals surface area contributed by atoms with E-state index in [4.69, 9.17) is 0 Å². The number of halogens is 6. The molecule has 2 saturated heterocycles. The maximum absolute atomic E-state index is 13.5. The van der Waals surface area contributed by atoms with Crippen molar-refractivity contribution in [1.82, 2.24) is 16.0 Å². The minimum atomic E-state index is -4.63. The fourth-order valence-electron chi connectivity index (χ4n) is 5.75. The lowest BCUT2D eigenvalue weighted by atomic mass is 9.75. The highest BCUT2D eigenvalue weighted by Gasteiger charge is 2.59. The molecule has 2 aliphatic heterocycles. The summed E-state index contributed by atoms with van der Waals surface area (Å²) in [4.78, 5) is 0. The van der Waals surface area contributed by atoms with Gasteiger partial charge in [-0.15, -0.1) is 0 Å². The van der Waals surface area contributed by atoms with Crippen molar-refractivity contribution in [2.75, 3.05) is 6.54 Å². The van der Waals surface area contributed by atoms with Gasteiger partial charge in [0.05, 0.1) is 18.0 Å². The van der Waals surface area contributed by atoms with Gasteiger partial charge in [-0.2, -0.15) is 26.3 Å². The minimum Gasteiger partial charge on any atom is -0.311 e. The number of hydrogen-bond donors (Lipinski definition) is 3. The van der Waals surface area contributed by atoms with Crippen molar-refractivity contribution in [3.05, 3.63) is 0 Å². The summed E-state index contributed by atoms with van der Waals surface area (Å²) < 4.78 is 79.8. The SMILES string of the molecule is FC(F)(F)C1CC2NC(C3NCC4CCCCC43)NC2C(C(F)(F)F)C1. The molecule has 2 saturated carbocycles. The summed E-state index contributed by atoms with van der Waals surface area (Å²) >= 11 is 0. The third-order valence-electron chi connectivity index (χ3n) is 7.00.